The third-order valence-electron chi connectivity index (χ3n) is 1.05. The van der Waals surface area contributed by atoms with Crippen molar-refractivity contribution in [3.63, 3.8) is 0 Å². The predicted molar refractivity (Wildman–Crippen MR) is 48.7 cm³/mol. The fourth-order valence-electron chi connectivity index (χ4n) is 0.577. The summed E-state index contributed by atoms with van der Waals surface area (Å²) < 4.78 is 0. The summed E-state index contributed by atoms with van der Waals surface area (Å²) in [4.78, 5) is 15.3. The minimum atomic E-state index is -0.856. The molecule has 1 aromatic heterocycles. The summed E-state index contributed by atoms with van der Waals surface area (Å²) in [6.07, 6.45) is 4.23. The highest BCUT2D eigenvalue weighted by Crippen LogP contribution is 2.23. The highest BCUT2D eigenvalue weighted by atomic mass is 32.2. The van der Waals surface area contributed by atoms with Gasteiger partial charge in [0.15, 0.2) is 0 Å². The van der Waals surface area contributed by atoms with Crippen LogP contribution in [0.4, 0.5) is 0 Å². The lowest BCUT2D eigenvalue weighted by Crippen LogP contribution is -1.97. The van der Waals surface area contributed by atoms with Crippen LogP contribution in [0.25, 0.3) is 0 Å². The molecule has 0 saturated heterocycles. The number of rotatable bonds is 3. The van der Waals surface area contributed by atoms with E-state index in [1.165, 1.54) is 0 Å². The van der Waals surface area contributed by atoms with Gasteiger partial charge in [-0.15, -0.1) is 24.4 Å². The van der Waals surface area contributed by atoms with Crippen molar-refractivity contribution in [2.24, 2.45) is 0 Å². The monoisotopic (exact) mass is 200 g/mol. The lowest BCUT2D eigenvalue weighted by Gasteiger charge is -1.99. The van der Waals surface area contributed by atoms with E-state index < -0.39 is 5.97 Å². The van der Waals surface area contributed by atoms with E-state index in [-0.39, 0.29) is 5.75 Å². The van der Waals surface area contributed by atoms with Crippen molar-refractivity contribution >= 4 is 30.4 Å². The Hall–Kier alpha value is -0.680. The van der Waals surface area contributed by atoms with E-state index in [2.05, 4.69) is 23.8 Å². The van der Waals surface area contributed by atoms with Crippen LogP contribution in [0.5, 0.6) is 0 Å². The van der Waals surface area contributed by atoms with Crippen LogP contribution in [0.3, 0.4) is 0 Å². The van der Waals surface area contributed by atoms with E-state index >= 15 is 0 Å². The number of carboxylic acid groups (broad SMARTS) is 1. The van der Waals surface area contributed by atoms with Crippen molar-refractivity contribution in [1.29, 1.82) is 0 Å². The SMILES string of the molecule is O=C(O)CSc1[c]nccc1S. The summed E-state index contributed by atoms with van der Waals surface area (Å²) in [6, 6.07) is 1.70. The fourth-order valence-corrected chi connectivity index (χ4v) is 1.49. The standard InChI is InChI=1S/C7H6NO2S2/c9-7(10)4-12-6-3-8-2-1-5(6)11/h1-2H,4H2,(H,8,11)(H,9,10). The highest BCUT2D eigenvalue weighted by molar-refractivity contribution is 8.00. The van der Waals surface area contributed by atoms with Gasteiger partial charge in [-0.05, 0) is 6.07 Å². The van der Waals surface area contributed by atoms with Crippen molar-refractivity contribution in [3.05, 3.63) is 18.5 Å². The van der Waals surface area contributed by atoms with E-state index in [4.69, 9.17) is 5.11 Å². The second-order valence-electron chi connectivity index (χ2n) is 1.95. The second-order valence-corrected chi connectivity index (χ2v) is 3.42. The van der Waals surface area contributed by atoms with Crippen molar-refractivity contribution in [2.75, 3.05) is 5.75 Å². The summed E-state index contributed by atoms with van der Waals surface area (Å²) in [5, 5.41) is 8.39. The Bertz CT molecular complexity index is 290. The fraction of sp³-hybridized carbons (Fsp3) is 0.143. The molecule has 63 valence electrons. The van der Waals surface area contributed by atoms with Crippen molar-refractivity contribution in [3.8, 4) is 0 Å². The molecule has 1 aromatic rings. The number of thiol groups is 1. The van der Waals surface area contributed by atoms with Gasteiger partial charge in [0.05, 0.1) is 5.75 Å². The van der Waals surface area contributed by atoms with Gasteiger partial charge in [-0.1, -0.05) is 0 Å². The van der Waals surface area contributed by atoms with E-state index in [1.54, 1.807) is 12.3 Å². The molecule has 0 fully saturated rings. The summed E-state index contributed by atoms with van der Waals surface area (Å²) in [5.41, 5.74) is 0. The van der Waals surface area contributed by atoms with Gasteiger partial charge in [0.25, 0.3) is 0 Å². The third kappa shape index (κ3) is 2.75. The van der Waals surface area contributed by atoms with Gasteiger partial charge in [0.2, 0.25) is 0 Å². The van der Waals surface area contributed by atoms with E-state index in [0.29, 0.717) is 9.79 Å². The first-order valence-electron chi connectivity index (χ1n) is 3.10. The summed E-state index contributed by atoms with van der Waals surface area (Å²) >= 11 is 5.28. The topological polar surface area (TPSA) is 50.2 Å². The van der Waals surface area contributed by atoms with Crippen LogP contribution in [0, 0.1) is 6.20 Å². The molecule has 0 aliphatic carbocycles. The Morgan fingerprint density at radius 3 is 3.17 bits per heavy atom. The number of nitrogens with zero attached hydrogens (tertiary/aromatic N) is 1. The average molecular weight is 200 g/mol. The van der Waals surface area contributed by atoms with Gasteiger partial charge >= 0.3 is 5.97 Å². The largest absolute Gasteiger partial charge is 0.481 e. The molecule has 1 heterocycles. The zero-order valence-electron chi connectivity index (χ0n) is 6.02. The van der Waals surface area contributed by atoms with Crippen LogP contribution in [0.15, 0.2) is 22.1 Å². The van der Waals surface area contributed by atoms with Gasteiger partial charge < -0.3 is 5.11 Å². The number of pyridine rings is 1. The lowest BCUT2D eigenvalue weighted by molar-refractivity contribution is -0.133. The molecule has 5 heteroatoms. The first-order chi connectivity index (χ1) is 5.70. The molecular formula is C7H6NO2S2. The van der Waals surface area contributed by atoms with Gasteiger partial charge in [-0.3, -0.25) is 9.78 Å². The zero-order chi connectivity index (χ0) is 8.97. The normalized spacial score (nSPS) is 9.75. The molecule has 0 aliphatic rings. The molecule has 0 unspecified atom stereocenters. The first-order valence-corrected chi connectivity index (χ1v) is 4.53. The first kappa shape index (κ1) is 9.41. The quantitative estimate of drug-likeness (QED) is 0.571. The smallest absolute Gasteiger partial charge is 0.313 e. The van der Waals surface area contributed by atoms with Gasteiger partial charge in [-0.2, -0.15) is 0 Å². The molecular weight excluding hydrogens is 194 g/mol. The molecule has 0 aliphatic heterocycles. The highest BCUT2D eigenvalue weighted by Gasteiger charge is 2.02. The number of hydrogen-bond donors (Lipinski definition) is 2. The number of carboxylic acids is 1. The van der Waals surface area contributed by atoms with Crippen LogP contribution in [0.1, 0.15) is 0 Å². The second kappa shape index (κ2) is 4.37. The van der Waals surface area contributed by atoms with Gasteiger partial charge in [0, 0.05) is 16.0 Å². The molecule has 0 amide bonds. The third-order valence-corrected chi connectivity index (χ3v) is 2.56. The Morgan fingerprint density at radius 1 is 1.83 bits per heavy atom. The van der Waals surface area contributed by atoms with Crippen molar-refractivity contribution < 1.29 is 9.90 Å². The molecule has 3 nitrogen and oxygen atoms in total. The molecule has 1 radical (unpaired) electrons. The predicted octanol–water partition coefficient (Wildman–Crippen LogP) is 1.35. The van der Waals surface area contributed by atoms with Gasteiger partial charge in [0.1, 0.15) is 6.20 Å². The van der Waals surface area contributed by atoms with Crippen LogP contribution in [-0.4, -0.2) is 21.8 Å². The number of hydrogen-bond acceptors (Lipinski definition) is 4. The Morgan fingerprint density at radius 2 is 2.58 bits per heavy atom. The number of aromatic nitrogens is 1. The molecule has 1 N–H and O–H groups in total. The molecule has 0 spiro atoms. The summed E-state index contributed by atoms with van der Waals surface area (Å²) in [7, 11) is 0. The maximum atomic E-state index is 10.2. The van der Waals surface area contributed by atoms with Crippen LogP contribution >= 0.6 is 24.4 Å². The molecule has 0 saturated carbocycles. The molecule has 1 rings (SSSR count). The maximum absolute atomic E-state index is 10.2. The Labute approximate surface area is 79.6 Å². The zero-order valence-corrected chi connectivity index (χ0v) is 7.73. The molecule has 0 atom stereocenters. The van der Waals surface area contributed by atoms with E-state index in [9.17, 15) is 4.79 Å². The Balaban J connectivity index is 2.63. The van der Waals surface area contributed by atoms with Crippen LogP contribution in [0.2, 0.25) is 0 Å². The molecule has 0 aromatic carbocycles. The lowest BCUT2D eigenvalue weighted by atomic mass is 10.5. The van der Waals surface area contributed by atoms with Crippen molar-refractivity contribution in [1.82, 2.24) is 4.98 Å². The van der Waals surface area contributed by atoms with Crippen LogP contribution < -0.4 is 0 Å². The molecule has 0 bridgehead atoms. The van der Waals surface area contributed by atoms with Crippen LogP contribution in [-0.2, 0) is 4.79 Å². The Kier molecular flexibility index (Phi) is 3.43. The van der Waals surface area contributed by atoms with E-state index in [0.717, 1.165) is 11.8 Å². The number of thioether (sulfide) groups is 1. The van der Waals surface area contributed by atoms with E-state index in [1.807, 2.05) is 0 Å². The summed E-state index contributed by atoms with van der Waals surface area (Å²) in [5.74, 6) is -0.847. The summed E-state index contributed by atoms with van der Waals surface area (Å²) in [6.45, 7) is 0. The van der Waals surface area contributed by atoms with Gasteiger partial charge in [-0.25, -0.2) is 0 Å². The molecule has 12 heavy (non-hydrogen) atoms. The number of aliphatic carboxylic acids is 1. The maximum Gasteiger partial charge on any atom is 0.313 e. The number of carbonyl (C=O) groups is 1. The minimum Gasteiger partial charge on any atom is -0.481 e. The minimum absolute atomic E-state index is 0.00968. The van der Waals surface area contributed by atoms with Crippen molar-refractivity contribution in [2.45, 2.75) is 9.79 Å². The average Bonchev–Trinajstić information content (AvgIpc) is 2.03.